The van der Waals surface area contributed by atoms with Gasteiger partial charge in [-0.25, -0.2) is 9.97 Å². The molecule has 0 aliphatic carbocycles. The van der Waals surface area contributed by atoms with E-state index in [2.05, 4.69) is 16.5 Å². The predicted octanol–water partition coefficient (Wildman–Crippen LogP) is 0.920. The van der Waals surface area contributed by atoms with E-state index in [9.17, 15) is 0 Å². The summed E-state index contributed by atoms with van der Waals surface area (Å²) in [7, 11) is 0. The number of nitrogens with zero attached hydrogens (tertiary/aromatic N) is 2. The summed E-state index contributed by atoms with van der Waals surface area (Å²) in [5, 5.41) is 8.78. The summed E-state index contributed by atoms with van der Waals surface area (Å²) < 4.78 is 0. The lowest BCUT2D eigenvalue weighted by atomic mass is 10.2. The Labute approximate surface area is 65.4 Å². The quantitative estimate of drug-likeness (QED) is 0.681. The van der Waals surface area contributed by atoms with Crippen molar-refractivity contribution in [2.24, 2.45) is 0 Å². The van der Waals surface area contributed by atoms with Crippen LogP contribution >= 0.6 is 0 Å². The molecule has 1 rings (SSSR count). The molecule has 0 bridgehead atoms. The van der Waals surface area contributed by atoms with Gasteiger partial charge in [0.2, 0.25) is 0 Å². The number of hydrogen-bond acceptors (Lipinski definition) is 3. The third-order valence-corrected chi connectivity index (χ3v) is 1.45. The van der Waals surface area contributed by atoms with Crippen LogP contribution in [0.5, 0.6) is 0 Å². The van der Waals surface area contributed by atoms with E-state index in [-0.39, 0.29) is 6.61 Å². The van der Waals surface area contributed by atoms with Crippen molar-refractivity contribution in [3.05, 3.63) is 29.9 Å². The van der Waals surface area contributed by atoms with Gasteiger partial charge in [0.15, 0.2) is 5.82 Å². The Morgan fingerprint density at radius 2 is 2.45 bits per heavy atom. The fourth-order valence-corrected chi connectivity index (χ4v) is 0.764. The lowest BCUT2D eigenvalue weighted by Crippen LogP contribution is -1.96. The summed E-state index contributed by atoms with van der Waals surface area (Å²) in [5.41, 5.74) is 1.56. The van der Waals surface area contributed by atoms with E-state index < -0.39 is 0 Å². The smallest absolute Gasteiger partial charge is 0.151 e. The predicted molar refractivity (Wildman–Crippen MR) is 42.8 cm³/mol. The van der Waals surface area contributed by atoms with E-state index in [0.717, 1.165) is 11.3 Å². The van der Waals surface area contributed by atoms with E-state index in [1.165, 1.54) is 0 Å². The molecule has 0 amide bonds. The zero-order chi connectivity index (χ0) is 8.27. The maximum atomic E-state index is 8.78. The first-order chi connectivity index (χ1) is 5.27. The molecule has 11 heavy (non-hydrogen) atoms. The summed E-state index contributed by atoms with van der Waals surface area (Å²) in [5.74, 6) is 0.597. The molecule has 0 radical (unpaired) electrons. The average Bonchev–Trinajstić information content (AvgIpc) is 2.04. The molecule has 0 atom stereocenters. The number of hydrogen-bond donors (Lipinski definition) is 1. The van der Waals surface area contributed by atoms with Gasteiger partial charge in [0.05, 0.1) is 6.61 Å². The number of aryl methyl sites for hydroxylation is 1. The van der Waals surface area contributed by atoms with Gasteiger partial charge in [-0.3, -0.25) is 0 Å². The van der Waals surface area contributed by atoms with Crippen molar-refractivity contribution in [1.29, 1.82) is 0 Å². The Balaban J connectivity index is 3.09. The minimum atomic E-state index is -0.0107. The lowest BCUT2D eigenvalue weighted by molar-refractivity contribution is 0.280. The third-order valence-electron chi connectivity index (χ3n) is 1.45. The van der Waals surface area contributed by atoms with E-state index in [1.807, 2.05) is 6.92 Å². The Morgan fingerprint density at radius 1 is 1.73 bits per heavy atom. The van der Waals surface area contributed by atoms with Crippen LogP contribution in [0.25, 0.3) is 6.08 Å². The normalized spacial score (nSPS) is 9.64. The largest absolute Gasteiger partial charge is 0.392 e. The molecular weight excluding hydrogens is 140 g/mol. The molecule has 3 nitrogen and oxygen atoms in total. The highest BCUT2D eigenvalue weighted by Crippen LogP contribution is 2.03. The van der Waals surface area contributed by atoms with Crippen molar-refractivity contribution in [3.8, 4) is 0 Å². The van der Waals surface area contributed by atoms with Gasteiger partial charge in [-0.15, -0.1) is 0 Å². The highest BCUT2D eigenvalue weighted by molar-refractivity contribution is 5.36. The third kappa shape index (κ3) is 1.62. The molecule has 1 aromatic heterocycles. The first kappa shape index (κ1) is 7.88. The standard InChI is InChI=1S/C8H10N2O/c1-3-8-9-4-7(5-11)6(2)10-8/h3-4,11H,1,5H2,2H3. The molecule has 0 aromatic carbocycles. The van der Waals surface area contributed by atoms with Gasteiger partial charge in [0.1, 0.15) is 0 Å². The molecule has 58 valence electrons. The summed E-state index contributed by atoms with van der Waals surface area (Å²) in [4.78, 5) is 8.01. The second-order valence-electron chi connectivity index (χ2n) is 2.20. The minimum absolute atomic E-state index is 0.0107. The van der Waals surface area contributed by atoms with Crippen molar-refractivity contribution < 1.29 is 5.11 Å². The molecule has 1 N–H and O–H groups in total. The molecule has 3 heteroatoms. The number of aromatic nitrogens is 2. The molecule has 0 unspecified atom stereocenters. The Hall–Kier alpha value is -1.22. The zero-order valence-corrected chi connectivity index (χ0v) is 6.41. The topological polar surface area (TPSA) is 46.0 Å². The summed E-state index contributed by atoms with van der Waals surface area (Å²) >= 11 is 0. The van der Waals surface area contributed by atoms with Gasteiger partial charge < -0.3 is 5.11 Å². The maximum Gasteiger partial charge on any atom is 0.151 e. The van der Waals surface area contributed by atoms with Crippen LogP contribution in [0, 0.1) is 6.92 Å². The molecular formula is C8H10N2O. The fourth-order valence-electron chi connectivity index (χ4n) is 0.764. The Bertz CT molecular complexity index is 271. The second-order valence-corrected chi connectivity index (χ2v) is 2.20. The van der Waals surface area contributed by atoms with Crippen molar-refractivity contribution in [2.45, 2.75) is 13.5 Å². The van der Waals surface area contributed by atoms with Crippen molar-refractivity contribution in [2.75, 3.05) is 0 Å². The van der Waals surface area contributed by atoms with E-state index in [1.54, 1.807) is 12.3 Å². The van der Waals surface area contributed by atoms with Gasteiger partial charge in [0, 0.05) is 17.5 Å². The summed E-state index contributed by atoms with van der Waals surface area (Å²) in [6.45, 7) is 5.36. The van der Waals surface area contributed by atoms with Crippen LogP contribution in [0.4, 0.5) is 0 Å². The van der Waals surface area contributed by atoms with Gasteiger partial charge >= 0.3 is 0 Å². The highest BCUT2D eigenvalue weighted by atomic mass is 16.3. The molecule has 1 aromatic rings. The number of rotatable bonds is 2. The Kier molecular flexibility index (Phi) is 2.33. The molecule has 0 aliphatic rings. The lowest BCUT2D eigenvalue weighted by Gasteiger charge is -2.00. The molecule has 0 spiro atoms. The van der Waals surface area contributed by atoms with Crippen molar-refractivity contribution in [3.63, 3.8) is 0 Å². The van der Waals surface area contributed by atoms with Crippen LogP contribution < -0.4 is 0 Å². The first-order valence-electron chi connectivity index (χ1n) is 3.33. The van der Waals surface area contributed by atoms with Gasteiger partial charge in [-0.2, -0.15) is 0 Å². The number of aliphatic hydroxyl groups excluding tert-OH is 1. The minimum Gasteiger partial charge on any atom is -0.392 e. The highest BCUT2D eigenvalue weighted by Gasteiger charge is 1.98. The second kappa shape index (κ2) is 3.25. The zero-order valence-electron chi connectivity index (χ0n) is 6.41. The van der Waals surface area contributed by atoms with E-state index in [0.29, 0.717) is 5.82 Å². The van der Waals surface area contributed by atoms with Crippen molar-refractivity contribution in [1.82, 2.24) is 9.97 Å². The van der Waals surface area contributed by atoms with Crippen LogP contribution in [0.2, 0.25) is 0 Å². The summed E-state index contributed by atoms with van der Waals surface area (Å²) in [6.07, 6.45) is 3.19. The SMILES string of the molecule is C=Cc1ncc(CO)c(C)n1. The van der Waals surface area contributed by atoms with Crippen LogP contribution in [-0.4, -0.2) is 15.1 Å². The Morgan fingerprint density at radius 3 is 2.91 bits per heavy atom. The van der Waals surface area contributed by atoms with Crippen LogP contribution in [-0.2, 0) is 6.61 Å². The van der Waals surface area contributed by atoms with Crippen molar-refractivity contribution >= 4 is 6.08 Å². The first-order valence-corrected chi connectivity index (χ1v) is 3.33. The van der Waals surface area contributed by atoms with E-state index in [4.69, 9.17) is 5.11 Å². The fraction of sp³-hybridized carbons (Fsp3) is 0.250. The van der Waals surface area contributed by atoms with Crippen LogP contribution in [0.15, 0.2) is 12.8 Å². The maximum absolute atomic E-state index is 8.78. The van der Waals surface area contributed by atoms with Crippen LogP contribution in [0.3, 0.4) is 0 Å². The van der Waals surface area contributed by atoms with Crippen LogP contribution in [0.1, 0.15) is 17.1 Å². The van der Waals surface area contributed by atoms with Gasteiger partial charge in [-0.05, 0) is 13.0 Å². The van der Waals surface area contributed by atoms with Gasteiger partial charge in [0.25, 0.3) is 0 Å². The molecule has 1 heterocycles. The molecule has 0 saturated heterocycles. The molecule has 0 fully saturated rings. The monoisotopic (exact) mass is 150 g/mol. The summed E-state index contributed by atoms with van der Waals surface area (Å²) in [6, 6.07) is 0. The number of aliphatic hydroxyl groups is 1. The van der Waals surface area contributed by atoms with Gasteiger partial charge in [-0.1, -0.05) is 6.58 Å². The van der Waals surface area contributed by atoms with E-state index >= 15 is 0 Å². The molecule has 0 aliphatic heterocycles. The average molecular weight is 150 g/mol. The molecule has 0 saturated carbocycles.